The molecule has 0 aromatic heterocycles. The van der Waals surface area contributed by atoms with E-state index in [2.05, 4.69) is 10.2 Å². The van der Waals surface area contributed by atoms with Gasteiger partial charge in [-0.25, -0.2) is 0 Å². The number of aliphatic hydroxyl groups is 1. The van der Waals surface area contributed by atoms with Crippen LogP contribution in [0.1, 0.15) is 26.2 Å². The molecule has 2 fully saturated rings. The zero-order valence-electron chi connectivity index (χ0n) is 15.8. The third-order valence-electron chi connectivity index (χ3n) is 5.90. The second kappa shape index (κ2) is 7.66. The number of hydrogen-bond donors (Lipinski definition) is 2. The first kappa shape index (κ1) is 18.5. The van der Waals surface area contributed by atoms with Crippen LogP contribution in [0, 0.1) is 5.92 Å². The highest BCUT2D eigenvalue weighted by molar-refractivity contribution is 5.92. The van der Waals surface area contributed by atoms with Gasteiger partial charge in [-0.3, -0.25) is 9.69 Å². The standard InChI is InChI=1S/C20H28N2O5/c1-20(24)6-8-25-13-15(20)16-3-2-7-22(16)12-19(23)21-14-4-5-17-18(11-14)27-10-9-26-17/h4-5,11,15-16,24H,2-3,6-10,12-13H2,1H3,(H,21,23)/t15-,16-,20+/m1/s1. The smallest absolute Gasteiger partial charge is 0.238 e. The maximum absolute atomic E-state index is 12.6. The normalized spacial score (nSPS) is 30.9. The first-order chi connectivity index (χ1) is 13.0. The quantitative estimate of drug-likeness (QED) is 0.832. The van der Waals surface area contributed by atoms with Gasteiger partial charge in [0.1, 0.15) is 13.2 Å². The third-order valence-corrected chi connectivity index (χ3v) is 5.90. The first-order valence-electron chi connectivity index (χ1n) is 9.76. The van der Waals surface area contributed by atoms with Gasteiger partial charge in [-0.05, 0) is 44.9 Å². The molecule has 0 spiro atoms. The van der Waals surface area contributed by atoms with Crippen molar-refractivity contribution in [3.8, 4) is 11.5 Å². The molecule has 0 unspecified atom stereocenters. The zero-order chi connectivity index (χ0) is 18.9. The van der Waals surface area contributed by atoms with Gasteiger partial charge in [-0.1, -0.05) is 0 Å². The monoisotopic (exact) mass is 376 g/mol. The molecule has 27 heavy (non-hydrogen) atoms. The highest BCUT2D eigenvalue weighted by Crippen LogP contribution is 2.36. The topological polar surface area (TPSA) is 80.3 Å². The third kappa shape index (κ3) is 4.05. The minimum atomic E-state index is -0.738. The number of benzene rings is 1. The second-order valence-electron chi connectivity index (χ2n) is 7.88. The van der Waals surface area contributed by atoms with Crippen molar-refractivity contribution in [2.45, 2.75) is 37.8 Å². The Morgan fingerprint density at radius 3 is 2.93 bits per heavy atom. The number of amides is 1. The second-order valence-corrected chi connectivity index (χ2v) is 7.88. The fraction of sp³-hybridized carbons (Fsp3) is 0.650. The molecule has 1 amide bonds. The van der Waals surface area contributed by atoms with Crippen LogP contribution in [0.2, 0.25) is 0 Å². The minimum absolute atomic E-state index is 0.0378. The average molecular weight is 376 g/mol. The van der Waals surface area contributed by atoms with Gasteiger partial charge in [0.2, 0.25) is 5.91 Å². The lowest BCUT2D eigenvalue weighted by atomic mass is 9.79. The predicted octanol–water partition coefficient (Wildman–Crippen LogP) is 1.65. The number of carbonyl (C=O) groups is 1. The highest BCUT2D eigenvalue weighted by atomic mass is 16.6. The van der Waals surface area contributed by atoms with Crippen LogP contribution in [0.15, 0.2) is 18.2 Å². The van der Waals surface area contributed by atoms with Gasteiger partial charge in [-0.2, -0.15) is 0 Å². The largest absolute Gasteiger partial charge is 0.486 e. The van der Waals surface area contributed by atoms with Crippen molar-refractivity contribution in [3.05, 3.63) is 18.2 Å². The molecule has 3 atom stereocenters. The van der Waals surface area contributed by atoms with E-state index >= 15 is 0 Å². The van der Waals surface area contributed by atoms with E-state index in [1.807, 2.05) is 19.1 Å². The zero-order valence-corrected chi connectivity index (χ0v) is 15.8. The number of likely N-dealkylation sites (tertiary alicyclic amines) is 1. The maximum atomic E-state index is 12.6. The van der Waals surface area contributed by atoms with Gasteiger partial charge in [0.25, 0.3) is 0 Å². The van der Waals surface area contributed by atoms with Crippen LogP contribution in [0.3, 0.4) is 0 Å². The molecule has 0 radical (unpaired) electrons. The SMILES string of the molecule is C[C@]1(O)CCOC[C@@H]1[C@H]1CCCN1CC(=O)Nc1ccc2c(c1)OCCO2. The van der Waals surface area contributed by atoms with Crippen LogP contribution in [0.4, 0.5) is 5.69 Å². The molecule has 7 nitrogen and oxygen atoms in total. The molecular weight excluding hydrogens is 348 g/mol. The van der Waals surface area contributed by atoms with Crippen LogP contribution >= 0.6 is 0 Å². The molecule has 3 aliphatic heterocycles. The molecule has 148 valence electrons. The van der Waals surface area contributed by atoms with E-state index in [1.54, 1.807) is 6.07 Å². The molecular formula is C20H28N2O5. The molecule has 0 aliphatic carbocycles. The van der Waals surface area contributed by atoms with Gasteiger partial charge in [0.05, 0.1) is 18.8 Å². The predicted molar refractivity (Wildman–Crippen MR) is 100 cm³/mol. The molecule has 3 heterocycles. The van der Waals surface area contributed by atoms with Crippen molar-refractivity contribution < 1.29 is 24.1 Å². The fourth-order valence-corrected chi connectivity index (χ4v) is 4.39. The van der Waals surface area contributed by atoms with E-state index in [1.165, 1.54) is 0 Å². The van der Waals surface area contributed by atoms with E-state index in [0.29, 0.717) is 56.6 Å². The van der Waals surface area contributed by atoms with Crippen LogP contribution < -0.4 is 14.8 Å². The Morgan fingerprint density at radius 2 is 2.11 bits per heavy atom. The van der Waals surface area contributed by atoms with Crippen molar-refractivity contribution in [2.75, 3.05) is 44.8 Å². The summed E-state index contributed by atoms with van der Waals surface area (Å²) in [5.74, 6) is 1.35. The lowest BCUT2D eigenvalue weighted by Crippen LogP contribution is -2.53. The number of rotatable bonds is 4. The molecule has 2 N–H and O–H groups in total. The molecule has 0 bridgehead atoms. The molecule has 1 aromatic carbocycles. The Bertz CT molecular complexity index is 693. The Morgan fingerprint density at radius 1 is 1.30 bits per heavy atom. The van der Waals surface area contributed by atoms with Gasteiger partial charge < -0.3 is 24.6 Å². The Hall–Kier alpha value is -1.83. The lowest BCUT2D eigenvalue weighted by molar-refractivity contribution is -0.129. The Kier molecular flexibility index (Phi) is 5.25. The summed E-state index contributed by atoms with van der Waals surface area (Å²) in [6, 6.07) is 5.62. The fourth-order valence-electron chi connectivity index (χ4n) is 4.39. The van der Waals surface area contributed by atoms with Crippen molar-refractivity contribution in [3.63, 3.8) is 0 Å². The Balaban J connectivity index is 1.38. The highest BCUT2D eigenvalue weighted by Gasteiger charge is 2.44. The van der Waals surface area contributed by atoms with E-state index in [4.69, 9.17) is 14.2 Å². The molecule has 2 saturated heterocycles. The Labute approximate surface area is 159 Å². The number of nitrogens with one attached hydrogen (secondary N) is 1. The number of fused-ring (bicyclic) bond motifs is 1. The summed E-state index contributed by atoms with van der Waals surface area (Å²) in [5.41, 5.74) is -0.0364. The number of anilines is 1. The first-order valence-corrected chi connectivity index (χ1v) is 9.76. The maximum Gasteiger partial charge on any atom is 0.238 e. The summed E-state index contributed by atoms with van der Waals surface area (Å²) in [5, 5.41) is 13.7. The minimum Gasteiger partial charge on any atom is -0.486 e. The molecule has 7 heteroatoms. The van der Waals surface area contributed by atoms with E-state index < -0.39 is 5.60 Å². The van der Waals surface area contributed by atoms with Crippen molar-refractivity contribution in [2.24, 2.45) is 5.92 Å². The van der Waals surface area contributed by atoms with Crippen molar-refractivity contribution in [1.82, 2.24) is 4.90 Å². The van der Waals surface area contributed by atoms with Crippen molar-refractivity contribution in [1.29, 1.82) is 0 Å². The summed E-state index contributed by atoms with van der Waals surface area (Å²) >= 11 is 0. The van der Waals surface area contributed by atoms with Crippen LogP contribution in [-0.4, -0.2) is 67.1 Å². The van der Waals surface area contributed by atoms with Crippen LogP contribution in [0.5, 0.6) is 11.5 Å². The molecule has 3 aliphatic rings. The summed E-state index contributed by atoms with van der Waals surface area (Å²) in [7, 11) is 0. The molecule has 1 aromatic rings. The molecule has 4 rings (SSSR count). The average Bonchev–Trinajstić information content (AvgIpc) is 3.08. The lowest BCUT2D eigenvalue weighted by Gasteiger charge is -2.43. The molecule has 0 saturated carbocycles. The number of ether oxygens (including phenoxy) is 3. The van der Waals surface area contributed by atoms with Crippen molar-refractivity contribution >= 4 is 11.6 Å². The summed E-state index contributed by atoms with van der Waals surface area (Å²) < 4.78 is 16.7. The van der Waals surface area contributed by atoms with E-state index in [-0.39, 0.29) is 17.9 Å². The van der Waals surface area contributed by atoms with Gasteiger partial charge in [0, 0.05) is 30.3 Å². The summed E-state index contributed by atoms with van der Waals surface area (Å²) in [6.07, 6.45) is 2.67. The van der Waals surface area contributed by atoms with E-state index in [9.17, 15) is 9.90 Å². The van der Waals surface area contributed by atoms with Crippen LogP contribution in [-0.2, 0) is 9.53 Å². The summed E-state index contributed by atoms with van der Waals surface area (Å²) in [6.45, 7) is 5.29. The number of nitrogens with zero attached hydrogens (tertiary/aromatic N) is 1. The van der Waals surface area contributed by atoms with Gasteiger partial charge in [-0.15, -0.1) is 0 Å². The van der Waals surface area contributed by atoms with Gasteiger partial charge in [0.15, 0.2) is 11.5 Å². The number of carbonyl (C=O) groups excluding carboxylic acids is 1. The van der Waals surface area contributed by atoms with Gasteiger partial charge >= 0.3 is 0 Å². The number of hydrogen-bond acceptors (Lipinski definition) is 6. The van der Waals surface area contributed by atoms with E-state index in [0.717, 1.165) is 19.4 Å². The van der Waals surface area contributed by atoms with Crippen LogP contribution in [0.25, 0.3) is 0 Å². The summed E-state index contributed by atoms with van der Waals surface area (Å²) in [4.78, 5) is 14.8.